The Hall–Kier alpha value is -0.450. The van der Waals surface area contributed by atoms with Crippen LogP contribution in [-0.4, -0.2) is 29.2 Å². The maximum atomic E-state index is 13.2. The second kappa shape index (κ2) is 6.13. The molecule has 2 rings (SSSR count). The number of hydrogen-bond donors (Lipinski definition) is 1. The average Bonchev–Trinajstić information content (AvgIpc) is 2.36. The Bertz CT molecular complexity index is 413. The predicted molar refractivity (Wildman–Crippen MR) is 73.8 cm³/mol. The number of nitrogens with zero attached hydrogens (tertiary/aromatic N) is 1. The van der Waals surface area contributed by atoms with Crippen molar-refractivity contribution in [2.24, 2.45) is 5.92 Å². The Morgan fingerprint density at radius 2 is 2.28 bits per heavy atom. The number of hydrogen-bond acceptors (Lipinski definition) is 2. The molecule has 0 amide bonds. The van der Waals surface area contributed by atoms with Gasteiger partial charge in [-0.2, -0.15) is 0 Å². The molecule has 2 nitrogen and oxygen atoms in total. The summed E-state index contributed by atoms with van der Waals surface area (Å²) < 4.78 is 13.7. The quantitative estimate of drug-likeness (QED) is 0.926. The van der Waals surface area contributed by atoms with Crippen molar-refractivity contribution in [3.63, 3.8) is 0 Å². The Kier molecular flexibility index (Phi) is 4.76. The van der Waals surface area contributed by atoms with Gasteiger partial charge in [-0.05, 0) is 52.4 Å². The minimum absolute atomic E-state index is 0.161. The van der Waals surface area contributed by atoms with E-state index in [-0.39, 0.29) is 11.9 Å². The van der Waals surface area contributed by atoms with Crippen LogP contribution in [0.4, 0.5) is 4.39 Å². The summed E-state index contributed by atoms with van der Waals surface area (Å²) in [6.45, 7) is 4.77. The van der Waals surface area contributed by atoms with Gasteiger partial charge in [0, 0.05) is 19.6 Å². The lowest BCUT2D eigenvalue weighted by Gasteiger charge is -2.35. The molecule has 1 fully saturated rings. The largest absolute Gasteiger partial charge is 0.393 e. The van der Waals surface area contributed by atoms with Crippen molar-refractivity contribution < 1.29 is 9.50 Å². The third kappa shape index (κ3) is 3.31. The molecule has 1 heterocycles. The lowest BCUT2D eigenvalue weighted by molar-refractivity contribution is 0.0222. The van der Waals surface area contributed by atoms with Crippen molar-refractivity contribution in [2.75, 3.05) is 13.1 Å². The topological polar surface area (TPSA) is 23.5 Å². The molecule has 1 aromatic rings. The molecule has 0 aliphatic carbocycles. The fraction of sp³-hybridized carbons (Fsp3) is 0.571. The number of halogens is 2. The van der Waals surface area contributed by atoms with E-state index in [1.807, 2.05) is 12.1 Å². The van der Waals surface area contributed by atoms with Crippen LogP contribution < -0.4 is 0 Å². The second-order valence-corrected chi connectivity index (χ2v) is 5.86. The van der Waals surface area contributed by atoms with Crippen LogP contribution in [0, 0.1) is 11.7 Å². The SMILES string of the molecule is CCC1CN(Cc2ccc(F)c(Br)c2)CCC1O. The Morgan fingerprint density at radius 1 is 1.50 bits per heavy atom. The molecule has 4 heteroatoms. The van der Waals surface area contributed by atoms with Crippen LogP contribution in [0.1, 0.15) is 25.3 Å². The minimum atomic E-state index is -0.223. The Balaban J connectivity index is 1.99. The number of benzene rings is 1. The fourth-order valence-corrected chi connectivity index (χ4v) is 2.96. The molecule has 100 valence electrons. The van der Waals surface area contributed by atoms with Crippen LogP contribution in [0.2, 0.25) is 0 Å². The fourth-order valence-electron chi connectivity index (χ4n) is 2.54. The van der Waals surface area contributed by atoms with E-state index in [4.69, 9.17) is 0 Å². The Morgan fingerprint density at radius 3 is 2.94 bits per heavy atom. The number of piperidine rings is 1. The summed E-state index contributed by atoms with van der Waals surface area (Å²) in [5.74, 6) is 0.141. The smallest absolute Gasteiger partial charge is 0.137 e. The average molecular weight is 316 g/mol. The molecule has 2 atom stereocenters. The number of aliphatic hydroxyl groups is 1. The van der Waals surface area contributed by atoms with Gasteiger partial charge in [0.05, 0.1) is 10.6 Å². The summed E-state index contributed by atoms with van der Waals surface area (Å²) in [6, 6.07) is 5.16. The molecule has 2 unspecified atom stereocenters. The summed E-state index contributed by atoms with van der Waals surface area (Å²) in [5, 5.41) is 9.85. The monoisotopic (exact) mass is 315 g/mol. The lowest BCUT2D eigenvalue weighted by atomic mass is 9.92. The van der Waals surface area contributed by atoms with Crippen LogP contribution in [0.3, 0.4) is 0 Å². The number of aliphatic hydroxyl groups excluding tert-OH is 1. The summed E-state index contributed by atoms with van der Waals surface area (Å²) in [5.41, 5.74) is 1.11. The highest BCUT2D eigenvalue weighted by Crippen LogP contribution is 2.23. The zero-order chi connectivity index (χ0) is 13.1. The van der Waals surface area contributed by atoms with E-state index in [0.717, 1.165) is 38.0 Å². The zero-order valence-electron chi connectivity index (χ0n) is 10.6. The molecular weight excluding hydrogens is 297 g/mol. The first-order chi connectivity index (χ1) is 8.60. The second-order valence-electron chi connectivity index (χ2n) is 5.01. The molecule has 0 saturated carbocycles. The molecule has 1 aliphatic rings. The Labute approximate surface area is 116 Å². The third-order valence-corrected chi connectivity index (χ3v) is 4.30. The van der Waals surface area contributed by atoms with E-state index in [0.29, 0.717) is 10.4 Å². The van der Waals surface area contributed by atoms with E-state index in [2.05, 4.69) is 27.8 Å². The number of likely N-dealkylation sites (tertiary alicyclic amines) is 1. The van der Waals surface area contributed by atoms with Gasteiger partial charge in [0.1, 0.15) is 5.82 Å². The van der Waals surface area contributed by atoms with Crippen LogP contribution >= 0.6 is 15.9 Å². The first-order valence-electron chi connectivity index (χ1n) is 6.44. The maximum absolute atomic E-state index is 13.2. The van der Waals surface area contributed by atoms with Gasteiger partial charge in [0.25, 0.3) is 0 Å². The van der Waals surface area contributed by atoms with Gasteiger partial charge in [-0.1, -0.05) is 13.0 Å². The first kappa shape index (κ1) is 14.0. The molecule has 1 aliphatic heterocycles. The highest BCUT2D eigenvalue weighted by Gasteiger charge is 2.26. The molecule has 0 radical (unpaired) electrons. The molecule has 18 heavy (non-hydrogen) atoms. The van der Waals surface area contributed by atoms with Gasteiger partial charge in [-0.3, -0.25) is 4.90 Å². The van der Waals surface area contributed by atoms with Crippen LogP contribution in [0.5, 0.6) is 0 Å². The maximum Gasteiger partial charge on any atom is 0.137 e. The predicted octanol–water partition coefficient (Wildman–Crippen LogP) is 3.18. The van der Waals surface area contributed by atoms with E-state index >= 15 is 0 Å². The van der Waals surface area contributed by atoms with Gasteiger partial charge in [0.2, 0.25) is 0 Å². The molecule has 1 saturated heterocycles. The van der Waals surface area contributed by atoms with Crippen molar-refractivity contribution in [1.82, 2.24) is 4.90 Å². The van der Waals surface area contributed by atoms with Gasteiger partial charge in [0.15, 0.2) is 0 Å². The van der Waals surface area contributed by atoms with Crippen molar-refractivity contribution in [3.05, 3.63) is 34.1 Å². The molecule has 0 bridgehead atoms. The van der Waals surface area contributed by atoms with Gasteiger partial charge in [-0.15, -0.1) is 0 Å². The zero-order valence-corrected chi connectivity index (χ0v) is 12.2. The van der Waals surface area contributed by atoms with E-state index in [9.17, 15) is 9.50 Å². The minimum Gasteiger partial charge on any atom is -0.393 e. The van der Waals surface area contributed by atoms with Gasteiger partial charge < -0.3 is 5.11 Å². The molecule has 1 N–H and O–H groups in total. The third-order valence-electron chi connectivity index (χ3n) is 3.69. The van der Waals surface area contributed by atoms with E-state index < -0.39 is 0 Å². The molecule has 0 aromatic heterocycles. The first-order valence-corrected chi connectivity index (χ1v) is 7.23. The summed E-state index contributed by atoms with van der Waals surface area (Å²) in [7, 11) is 0. The van der Waals surface area contributed by atoms with Gasteiger partial charge in [-0.25, -0.2) is 4.39 Å². The highest BCUT2D eigenvalue weighted by molar-refractivity contribution is 9.10. The van der Waals surface area contributed by atoms with Crippen molar-refractivity contribution >= 4 is 15.9 Å². The van der Waals surface area contributed by atoms with Crippen molar-refractivity contribution in [1.29, 1.82) is 0 Å². The van der Waals surface area contributed by atoms with Gasteiger partial charge >= 0.3 is 0 Å². The van der Waals surface area contributed by atoms with E-state index in [1.54, 1.807) is 0 Å². The molecular formula is C14H19BrFNO. The van der Waals surface area contributed by atoms with Crippen molar-refractivity contribution in [2.45, 2.75) is 32.4 Å². The summed E-state index contributed by atoms with van der Waals surface area (Å²) in [6.07, 6.45) is 1.68. The normalized spacial score (nSPS) is 25.3. The molecule has 1 aromatic carbocycles. The molecule has 0 spiro atoms. The standard InChI is InChI=1S/C14H19BrFNO/c1-2-11-9-17(6-5-14(11)18)8-10-3-4-13(16)12(15)7-10/h3-4,7,11,14,18H,2,5-6,8-9H2,1H3. The van der Waals surface area contributed by atoms with Crippen LogP contribution in [0.25, 0.3) is 0 Å². The summed E-state index contributed by atoms with van der Waals surface area (Å²) in [4.78, 5) is 2.33. The highest BCUT2D eigenvalue weighted by atomic mass is 79.9. The van der Waals surface area contributed by atoms with Crippen molar-refractivity contribution in [3.8, 4) is 0 Å². The van der Waals surface area contributed by atoms with E-state index in [1.165, 1.54) is 6.07 Å². The summed E-state index contributed by atoms with van der Waals surface area (Å²) >= 11 is 3.21. The number of rotatable bonds is 3. The van der Waals surface area contributed by atoms with Crippen LogP contribution in [-0.2, 0) is 6.54 Å². The van der Waals surface area contributed by atoms with Crippen LogP contribution in [0.15, 0.2) is 22.7 Å². The lowest BCUT2D eigenvalue weighted by Crippen LogP contribution is -2.42.